The molecule has 21 heavy (non-hydrogen) atoms. The van der Waals surface area contributed by atoms with Gasteiger partial charge < -0.3 is 4.74 Å². The average Bonchev–Trinajstić information content (AvgIpc) is 2.98. The molecule has 0 spiro atoms. The van der Waals surface area contributed by atoms with E-state index in [1.807, 2.05) is 10.9 Å². The summed E-state index contributed by atoms with van der Waals surface area (Å²) < 4.78 is 7.77. The van der Waals surface area contributed by atoms with Crippen LogP contribution in [0.3, 0.4) is 0 Å². The Kier molecular flexibility index (Phi) is 5.78. The zero-order valence-electron chi connectivity index (χ0n) is 13.2. The summed E-state index contributed by atoms with van der Waals surface area (Å²) in [6.45, 7) is 7.40. The standard InChI is InChI=1S/C17H25N3O/c1-14(2)15(3)21-17-9-7-16(8-10-17)6-4-5-12-20-13-11-18-19-20/h7-11,13-15H,4-6,12H2,1-3H3. The highest BCUT2D eigenvalue weighted by molar-refractivity contribution is 5.27. The summed E-state index contributed by atoms with van der Waals surface area (Å²) in [5, 5.41) is 7.77. The average molecular weight is 287 g/mol. The van der Waals surface area contributed by atoms with Gasteiger partial charge in [-0.15, -0.1) is 5.10 Å². The lowest BCUT2D eigenvalue weighted by atomic mass is 10.1. The van der Waals surface area contributed by atoms with Crippen LogP contribution in [0.2, 0.25) is 0 Å². The molecule has 0 aliphatic heterocycles. The summed E-state index contributed by atoms with van der Waals surface area (Å²) in [5.41, 5.74) is 1.36. The minimum atomic E-state index is 0.249. The highest BCUT2D eigenvalue weighted by atomic mass is 16.5. The van der Waals surface area contributed by atoms with E-state index in [4.69, 9.17) is 4.74 Å². The van der Waals surface area contributed by atoms with Crippen molar-refractivity contribution in [2.24, 2.45) is 5.92 Å². The molecule has 0 fully saturated rings. The zero-order chi connectivity index (χ0) is 15.1. The third-order valence-electron chi connectivity index (χ3n) is 3.76. The molecule has 2 aromatic rings. The Morgan fingerprint density at radius 1 is 1.10 bits per heavy atom. The molecule has 1 heterocycles. The van der Waals surface area contributed by atoms with Gasteiger partial charge in [-0.3, -0.25) is 4.68 Å². The van der Waals surface area contributed by atoms with E-state index in [-0.39, 0.29) is 6.10 Å². The molecule has 1 aromatic carbocycles. The summed E-state index contributed by atoms with van der Waals surface area (Å²) >= 11 is 0. The van der Waals surface area contributed by atoms with Crippen molar-refractivity contribution in [1.82, 2.24) is 15.0 Å². The Morgan fingerprint density at radius 2 is 1.86 bits per heavy atom. The Balaban J connectivity index is 1.72. The molecule has 2 rings (SSSR count). The van der Waals surface area contributed by atoms with Crippen LogP contribution in [0, 0.1) is 5.92 Å². The first-order valence-corrected chi connectivity index (χ1v) is 7.75. The van der Waals surface area contributed by atoms with E-state index in [1.54, 1.807) is 6.20 Å². The normalized spacial score (nSPS) is 12.6. The minimum absolute atomic E-state index is 0.249. The van der Waals surface area contributed by atoms with Crippen molar-refractivity contribution >= 4 is 0 Å². The maximum absolute atomic E-state index is 5.89. The third kappa shape index (κ3) is 5.21. The summed E-state index contributed by atoms with van der Waals surface area (Å²) in [5.74, 6) is 1.49. The Hall–Kier alpha value is -1.84. The van der Waals surface area contributed by atoms with Crippen molar-refractivity contribution in [3.63, 3.8) is 0 Å². The van der Waals surface area contributed by atoms with Crippen LogP contribution >= 0.6 is 0 Å². The lowest BCUT2D eigenvalue weighted by Gasteiger charge is -2.18. The van der Waals surface area contributed by atoms with Crippen molar-refractivity contribution in [2.45, 2.75) is 52.7 Å². The first-order valence-electron chi connectivity index (χ1n) is 7.75. The second-order valence-corrected chi connectivity index (χ2v) is 5.83. The van der Waals surface area contributed by atoms with Gasteiger partial charge in [0.15, 0.2) is 0 Å². The maximum atomic E-state index is 5.89. The molecule has 0 N–H and O–H groups in total. The number of nitrogens with zero attached hydrogens (tertiary/aromatic N) is 3. The van der Waals surface area contributed by atoms with Crippen molar-refractivity contribution in [1.29, 1.82) is 0 Å². The topological polar surface area (TPSA) is 39.9 Å². The summed E-state index contributed by atoms with van der Waals surface area (Å²) in [4.78, 5) is 0. The molecule has 114 valence electrons. The van der Waals surface area contributed by atoms with E-state index in [2.05, 4.69) is 55.3 Å². The fourth-order valence-electron chi connectivity index (χ4n) is 2.04. The quantitative estimate of drug-likeness (QED) is 0.695. The molecule has 1 atom stereocenters. The lowest BCUT2D eigenvalue weighted by Crippen LogP contribution is -2.18. The molecule has 0 saturated heterocycles. The SMILES string of the molecule is CC(C)C(C)Oc1ccc(CCCCn2ccnn2)cc1. The number of benzene rings is 1. The molecule has 0 radical (unpaired) electrons. The van der Waals surface area contributed by atoms with Crippen LogP contribution in [0.1, 0.15) is 39.2 Å². The Bertz CT molecular complexity index is 505. The lowest BCUT2D eigenvalue weighted by molar-refractivity contribution is 0.170. The van der Waals surface area contributed by atoms with Crippen molar-refractivity contribution in [3.8, 4) is 5.75 Å². The van der Waals surface area contributed by atoms with Crippen LogP contribution in [-0.4, -0.2) is 21.1 Å². The molecule has 0 bridgehead atoms. The largest absolute Gasteiger partial charge is 0.490 e. The fourth-order valence-corrected chi connectivity index (χ4v) is 2.04. The molecule has 0 aliphatic rings. The van der Waals surface area contributed by atoms with Crippen LogP contribution in [0.25, 0.3) is 0 Å². The van der Waals surface area contributed by atoms with Crippen LogP contribution in [-0.2, 0) is 13.0 Å². The number of hydrogen-bond acceptors (Lipinski definition) is 3. The van der Waals surface area contributed by atoms with E-state index < -0.39 is 0 Å². The summed E-state index contributed by atoms with van der Waals surface area (Å²) in [7, 11) is 0. The molecular weight excluding hydrogens is 262 g/mol. The first-order chi connectivity index (χ1) is 10.1. The molecule has 0 amide bonds. The van der Waals surface area contributed by atoms with E-state index in [1.165, 1.54) is 5.56 Å². The maximum Gasteiger partial charge on any atom is 0.119 e. The number of aryl methyl sites for hydroxylation is 2. The van der Waals surface area contributed by atoms with Gasteiger partial charge in [-0.05, 0) is 49.8 Å². The number of ether oxygens (including phenoxy) is 1. The zero-order valence-corrected chi connectivity index (χ0v) is 13.2. The summed E-state index contributed by atoms with van der Waals surface area (Å²) in [6, 6.07) is 8.48. The highest BCUT2D eigenvalue weighted by Gasteiger charge is 2.08. The van der Waals surface area contributed by atoms with Crippen molar-refractivity contribution < 1.29 is 4.74 Å². The van der Waals surface area contributed by atoms with Crippen LogP contribution in [0.4, 0.5) is 0 Å². The Morgan fingerprint density at radius 3 is 2.48 bits per heavy atom. The van der Waals surface area contributed by atoms with Gasteiger partial charge in [-0.2, -0.15) is 0 Å². The van der Waals surface area contributed by atoms with Gasteiger partial charge in [0, 0.05) is 12.7 Å². The monoisotopic (exact) mass is 287 g/mol. The van der Waals surface area contributed by atoms with Gasteiger partial charge in [0.25, 0.3) is 0 Å². The van der Waals surface area contributed by atoms with Crippen molar-refractivity contribution in [2.75, 3.05) is 0 Å². The second kappa shape index (κ2) is 7.81. The molecule has 0 saturated carbocycles. The number of aromatic nitrogens is 3. The van der Waals surface area contributed by atoms with Gasteiger partial charge >= 0.3 is 0 Å². The molecule has 1 unspecified atom stereocenters. The molecule has 4 heteroatoms. The predicted octanol–water partition coefficient (Wildman–Crippen LogP) is 3.72. The van der Waals surface area contributed by atoms with Crippen LogP contribution in [0.5, 0.6) is 5.75 Å². The van der Waals surface area contributed by atoms with Gasteiger partial charge in [0.2, 0.25) is 0 Å². The smallest absolute Gasteiger partial charge is 0.119 e. The van der Waals surface area contributed by atoms with Gasteiger partial charge in [0.05, 0.1) is 12.3 Å². The molecule has 1 aromatic heterocycles. The third-order valence-corrected chi connectivity index (χ3v) is 3.76. The number of unbranched alkanes of at least 4 members (excludes halogenated alkanes) is 1. The molecule has 4 nitrogen and oxygen atoms in total. The van der Waals surface area contributed by atoms with Gasteiger partial charge in [-0.1, -0.05) is 31.2 Å². The van der Waals surface area contributed by atoms with Gasteiger partial charge in [0.1, 0.15) is 5.75 Å². The van der Waals surface area contributed by atoms with Crippen molar-refractivity contribution in [3.05, 3.63) is 42.2 Å². The number of hydrogen-bond donors (Lipinski definition) is 0. The highest BCUT2D eigenvalue weighted by Crippen LogP contribution is 2.17. The van der Waals surface area contributed by atoms with Gasteiger partial charge in [-0.25, -0.2) is 0 Å². The molecular formula is C17H25N3O. The van der Waals surface area contributed by atoms with Crippen LogP contribution in [0.15, 0.2) is 36.7 Å². The fraction of sp³-hybridized carbons (Fsp3) is 0.529. The predicted molar refractivity (Wildman–Crippen MR) is 84.3 cm³/mol. The van der Waals surface area contributed by atoms with E-state index in [9.17, 15) is 0 Å². The summed E-state index contributed by atoms with van der Waals surface area (Å²) in [6.07, 6.45) is 7.24. The van der Waals surface area contributed by atoms with E-state index >= 15 is 0 Å². The minimum Gasteiger partial charge on any atom is -0.490 e. The Labute approximate surface area is 127 Å². The first kappa shape index (κ1) is 15.5. The van der Waals surface area contributed by atoms with E-state index in [0.29, 0.717) is 5.92 Å². The molecule has 0 aliphatic carbocycles. The second-order valence-electron chi connectivity index (χ2n) is 5.83. The van der Waals surface area contributed by atoms with E-state index in [0.717, 1.165) is 31.6 Å². The number of rotatable bonds is 8. The van der Waals surface area contributed by atoms with Crippen LogP contribution < -0.4 is 4.74 Å².